The maximum absolute atomic E-state index is 13.3. The predicted molar refractivity (Wildman–Crippen MR) is 66.2 cm³/mol. The SMILES string of the molecule is Nc1ccccc1C(C(F)F)C1CCCCC1. The van der Waals surface area contributed by atoms with Crippen molar-refractivity contribution in [3.05, 3.63) is 29.8 Å². The standard InChI is InChI=1S/C14H19F2N/c15-14(16)13(10-6-2-1-3-7-10)11-8-4-5-9-12(11)17/h4-5,8-10,13-14H,1-3,6-7,17H2. The Kier molecular flexibility index (Phi) is 3.97. The van der Waals surface area contributed by atoms with Crippen LogP contribution in [0.2, 0.25) is 0 Å². The van der Waals surface area contributed by atoms with Crippen LogP contribution in [0.25, 0.3) is 0 Å². The smallest absolute Gasteiger partial charge is 0.245 e. The highest BCUT2D eigenvalue weighted by Crippen LogP contribution is 2.41. The van der Waals surface area contributed by atoms with Crippen molar-refractivity contribution >= 4 is 5.69 Å². The number of anilines is 1. The number of rotatable bonds is 3. The molecule has 1 fully saturated rings. The predicted octanol–water partition coefficient (Wildman–Crippen LogP) is 4.20. The molecule has 1 atom stereocenters. The van der Waals surface area contributed by atoms with E-state index in [4.69, 9.17) is 5.73 Å². The molecule has 0 amide bonds. The quantitative estimate of drug-likeness (QED) is 0.786. The molecule has 1 aromatic rings. The molecule has 1 aliphatic carbocycles. The zero-order valence-corrected chi connectivity index (χ0v) is 9.91. The first kappa shape index (κ1) is 12.3. The molecule has 1 saturated carbocycles. The second-order valence-electron chi connectivity index (χ2n) is 4.89. The zero-order chi connectivity index (χ0) is 12.3. The van der Waals surface area contributed by atoms with Crippen LogP contribution in [0.4, 0.5) is 14.5 Å². The van der Waals surface area contributed by atoms with E-state index in [9.17, 15) is 8.78 Å². The van der Waals surface area contributed by atoms with E-state index in [0.29, 0.717) is 11.3 Å². The van der Waals surface area contributed by atoms with Gasteiger partial charge in [-0.1, -0.05) is 37.5 Å². The summed E-state index contributed by atoms with van der Waals surface area (Å²) in [6.07, 6.45) is 2.81. The minimum absolute atomic E-state index is 0.0912. The maximum atomic E-state index is 13.3. The van der Waals surface area contributed by atoms with Gasteiger partial charge in [0.05, 0.1) is 0 Å². The Morgan fingerprint density at radius 3 is 2.29 bits per heavy atom. The lowest BCUT2D eigenvalue weighted by molar-refractivity contribution is 0.0746. The minimum Gasteiger partial charge on any atom is -0.398 e. The molecule has 0 heterocycles. The Labute approximate surface area is 101 Å². The van der Waals surface area contributed by atoms with Crippen LogP contribution in [0.3, 0.4) is 0 Å². The molecule has 1 nitrogen and oxygen atoms in total. The van der Waals surface area contributed by atoms with Gasteiger partial charge >= 0.3 is 0 Å². The van der Waals surface area contributed by atoms with E-state index < -0.39 is 12.3 Å². The number of alkyl halides is 2. The van der Waals surface area contributed by atoms with Gasteiger partial charge in [-0.25, -0.2) is 8.78 Å². The number of benzene rings is 1. The lowest BCUT2D eigenvalue weighted by Gasteiger charge is -2.30. The summed E-state index contributed by atoms with van der Waals surface area (Å²) < 4.78 is 26.6. The summed E-state index contributed by atoms with van der Waals surface area (Å²) in [5.41, 5.74) is 6.97. The Hall–Kier alpha value is -1.12. The van der Waals surface area contributed by atoms with E-state index in [2.05, 4.69) is 0 Å². The molecular weight excluding hydrogens is 220 g/mol. The molecule has 0 aliphatic heterocycles. The van der Waals surface area contributed by atoms with Crippen molar-refractivity contribution in [2.75, 3.05) is 5.73 Å². The highest BCUT2D eigenvalue weighted by Gasteiger charge is 2.33. The first-order chi connectivity index (χ1) is 8.20. The number of nitrogen functional groups attached to an aromatic ring is 1. The largest absolute Gasteiger partial charge is 0.398 e. The maximum Gasteiger partial charge on any atom is 0.245 e. The molecule has 1 aromatic carbocycles. The van der Waals surface area contributed by atoms with Crippen LogP contribution in [0, 0.1) is 5.92 Å². The summed E-state index contributed by atoms with van der Waals surface area (Å²) in [4.78, 5) is 0. The molecule has 0 bridgehead atoms. The van der Waals surface area contributed by atoms with Crippen LogP contribution in [0.15, 0.2) is 24.3 Å². The third-order valence-electron chi connectivity index (χ3n) is 3.78. The van der Waals surface area contributed by atoms with Crippen molar-refractivity contribution in [1.29, 1.82) is 0 Å². The van der Waals surface area contributed by atoms with E-state index in [1.165, 1.54) is 6.42 Å². The average molecular weight is 239 g/mol. The Bertz CT molecular complexity index is 359. The summed E-state index contributed by atoms with van der Waals surface area (Å²) >= 11 is 0. The Morgan fingerprint density at radius 1 is 1.06 bits per heavy atom. The normalized spacial score (nSPS) is 19.5. The van der Waals surface area contributed by atoms with Crippen molar-refractivity contribution in [2.45, 2.75) is 44.4 Å². The van der Waals surface area contributed by atoms with Crippen molar-refractivity contribution in [1.82, 2.24) is 0 Å². The third kappa shape index (κ3) is 2.76. The lowest BCUT2D eigenvalue weighted by Crippen LogP contribution is -2.23. The summed E-state index contributed by atoms with van der Waals surface area (Å²) in [5, 5.41) is 0. The van der Waals surface area contributed by atoms with Gasteiger partial charge in [-0.05, 0) is 30.4 Å². The third-order valence-corrected chi connectivity index (χ3v) is 3.78. The molecule has 2 N–H and O–H groups in total. The van der Waals surface area contributed by atoms with E-state index in [-0.39, 0.29) is 5.92 Å². The first-order valence-corrected chi connectivity index (χ1v) is 6.32. The Morgan fingerprint density at radius 2 is 1.71 bits per heavy atom. The molecule has 0 spiro atoms. The number of para-hydroxylation sites is 1. The molecule has 94 valence electrons. The van der Waals surface area contributed by atoms with Crippen LogP contribution in [0.5, 0.6) is 0 Å². The topological polar surface area (TPSA) is 26.0 Å². The molecule has 3 heteroatoms. The van der Waals surface area contributed by atoms with Gasteiger partial charge in [-0.2, -0.15) is 0 Å². The number of hydrogen-bond donors (Lipinski definition) is 1. The van der Waals surface area contributed by atoms with Gasteiger partial charge in [-0.15, -0.1) is 0 Å². The van der Waals surface area contributed by atoms with Gasteiger partial charge in [0.1, 0.15) is 0 Å². The molecule has 17 heavy (non-hydrogen) atoms. The molecule has 1 unspecified atom stereocenters. The summed E-state index contributed by atoms with van der Waals surface area (Å²) in [5.74, 6) is -0.593. The second kappa shape index (κ2) is 5.48. The highest BCUT2D eigenvalue weighted by molar-refractivity contribution is 5.49. The van der Waals surface area contributed by atoms with Crippen LogP contribution < -0.4 is 5.73 Å². The van der Waals surface area contributed by atoms with Gasteiger partial charge in [0.15, 0.2) is 0 Å². The van der Waals surface area contributed by atoms with Crippen molar-refractivity contribution in [3.8, 4) is 0 Å². The first-order valence-electron chi connectivity index (χ1n) is 6.32. The molecule has 0 saturated heterocycles. The summed E-state index contributed by atoms with van der Waals surface area (Å²) in [6, 6.07) is 7.06. The van der Waals surface area contributed by atoms with Gasteiger partial charge in [0, 0.05) is 11.6 Å². The van der Waals surface area contributed by atoms with Gasteiger partial charge in [0.2, 0.25) is 6.43 Å². The van der Waals surface area contributed by atoms with Crippen LogP contribution in [-0.2, 0) is 0 Å². The summed E-state index contributed by atoms with van der Waals surface area (Å²) in [6.45, 7) is 0. The number of halogens is 2. The molecule has 1 aliphatic rings. The fourth-order valence-corrected chi connectivity index (χ4v) is 2.90. The van der Waals surface area contributed by atoms with Gasteiger partial charge < -0.3 is 5.73 Å². The van der Waals surface area contributed by atoms with Gasteiger partial charge in [0.25, 0.3) is 0 Å². The monoisotopic (exact) mass is 239 g/mol. The molecule has 0 aromatic heterocycles. The van der Waals surface area contributed by atoms with Crippen LogP contribution in [0.1, 0.15) is 43.6 Å². The fraction of sp³-hybridized carbons (Fsp3) is 0.571. The lowest BCUT2D eigenvalue weighted by atomic mass is 9.76. The Balaban J connectivity index is 2.25. The van der Waals surface area contributed by atoms with E-state index >= 15 is 0 Å². The van der Waals surface area contributed by atoms with Crippen molar-refractivity contribution in [2.24, 2.45) is 5.92 Å². The van der Waals surface area contributed by atoms with E-state index in [1.54, 1.807) is 24.3 Å². The highest BCUT2D eigenvalue weighted by atomic mass is 19.3. The average Bonchev–Trinajstić information content (AvgIpc) is 2.33. The molecular formula is C14H19F2N. The zero-order valence-electron chi connectivity index (χ0n) is 9.91. The van der Waals surface area contributed by atoms with Gasteiger partial charge in [-0.3, -0.25) is 0 Å². The molecule has 2 rings (SSSR count). The number of hydrogen-bond acceptors (Lipinski definition) is 1. The summed E-state index contributed by atoms with van der Waals surface area (Å²) in [7, 11) is 0. The number of nitrogens with two attached hydrogens (primary N) is 1. The fourth-order valence-electron chi connectivity index (χ4n) is 2.90. The van der Waals surface area contributed by atoms with Crippen molar-refractivity contribution in [3.63, 3.8) is 0 Å². The van der Waals surface area contributed by atoms with Crippen LogP contribution in [-0.4, -0.2) is 6.43 Å². The second-order valence-corrected chi connectivity index (χ2v) is 4.89. The molecule has 0 radical (unpaired) electrons. The van der Waals surface area contributed by atoms with Crippen LogP contribution >= 0.6 is 0 Å². The minimum atomic E-state index is -2.32. The van der Waals surface area contributed by atoms with E-state index in [1.807, 2.05) is 0 Å². The van der Waals surface area contributed by atoms with Crippen molar-refractivity contribution < 1.29 is 8.78 Å². The van der Waals surface area contributed by atoms with E-state index in [0.717, 1.165) is 25.7 Å².